The van der Waals surface area contributed by atoms with E-state index in [1.165, 1.54) is 12.1 Å². The molecule has 2 saturated heterocycles. The molecular weight excluding hydrogens is 401 g/mol. The Balaban J connectivity index is 1.37. The van der Waals surface area contributed by atoms with E-state index in [-0.39, 0.29) is 24.2 Å². The van der Waals surface area contributed by atoms with Crippen LogP contribution in [0.4, 0.5) is 9.18 Å². The highest BCUT2D eigenvalue weighted by Crippen LogP contribution is 2.31. The molecule has 1 unspecified atom stereocenters. The second kappa shape index (κ2) is 8.37. The number of rotatable bonds is 5. The van der Waals surface area contributed by atoms with Gasteiger partial charge in [-0.05, 0) is 49.6 Å². The first-order valence-corrected chi connectivity index (χ1v) is 10.3. The van der Waals surface area contributed by atoms with E-state index in [4.69, 9.17) is 4.74 Å². The molecule has 1 N–H and O–H groups in total. The van der Waals surface area contributed by atoms with Crippen molar-refractivity contribution in [2.75, 3.05) is 13.1 Å². The van der Waals surface area contributed by atoms with Crippen molar-refractivity contribution in [2.45, 2.75) is 38.0 Å². The minimum Gasteiger partial charge on any atom is -0.481 e. The van der Waals surface area contributed by atoms with Crippen LogP contribution in [0.25, 0.3) is 0 Å². The molecule has 31 heavy (non-hydrogen) atoms. The van der Waals surface area contributed by atoms with Gasteiger partial charge in [-0.15, -0.1) is 0 Å². The highest BCUT2D eigenvalue weighted by molar-refractivity contribution is 6.07. The minimum atomic E-state index is -1.00. The Morgan fingerprint density at radius 1 is 1.10 bits per heavy atom. The van der Waals surface area contributed by atoms with Gasteiger partial charge in [0.15, 0.2) is 6.10 Å². The molecule has 162 valence electrons. The summed E-state index contributed by atoms with van der Waals surface area (Å²) >= 11 is 0. The zero-order valence-electron chi connectivity index (χ0n) is 17.2. The molecule has 7 nitrogen and oxygen atoms in total. The van der Waals surface area contributed by atoms with Crippen LogP contribution < -0.4 is 10.1 Å². The Hall–Kier alpha value is -3.42. The predicted octanol–water partition coefficient (Wildman–Crippen LogP) is 2.71. The molecule has 0 saturated carbocycles. The number of carbonyl (C=O) groups is 3. The van der Waals surface area contributed by atoms with Crippen molar-refractivity contribution in [2.24, 2.45) is 0 Å². The summed E-state index contributed by atoms with van der Waals surface area (Å²) < 4.78 is 18.8. The molecule has 2 aliphatic heterocycles. The summed E-state index contributed by atoms with van der Waals surface area (Å²) in [5.74, 6) is -0.215. The molecule has 0 radical (unpaired) electrons. The van der Waals surface area contributed by atoms with Gasteiger partial charge < -0.3 is 15.0 Å². The fraction of sp³-hybridized carbons (Fsp3) is 0.348. The summed E-state index contributed by atoms with van der Waals surface area (Å²) in [7, 11) is 0. The minimum absolute atomic E-state index is 0.0806. The molecule has 1 spiro atoms. The van der Waals surface area contributed by atoms with E-state index < -0.39 is 17.7 Å². The third-order valence-electron chi connectivity index (χ3n) is 5.83. The number of likely N-dealkylation sites (tertiary alicyclic amines) is 1. The molecular formula is C23H24FN3O4. The topological polar surface area (TPSA) is 79.0 Å². The van der Waals surface area contributed by atoms with Gasteiger partial charge in [0.25, 0.3) is 11.8 Å². The lowest BCUT2D eigenvalue weighted by atomic mass is 9.87. The predicted molar refractivity (Wildman–Crippen MR) is 111 cm³/mol. The number of halogens is 1. The van der Waals surface area contributed by atoms with Crippen LogP contribution >= 0.6 is 0 Å². The number of imide groups is 1. The van der Waals surface area contributed by atoms with E-state index >= 15 is 0 Å². The summed E-state index contributed by atoms with van der Waals surface area (Å²) in [6, 6.07) is 14.4. The van der Waals surface area contributed by atoms with Gasteiger partial charge in [-0.25, -0.2) is 9.18 Å². The van der Waals surface area contributed by atoms with Crippen molar-refractivity contribution < 1.29 is 23.5 Å². The Morgan fingerprint density at radius 2 is 1.74 bits per heavy atom. The molecule has 8 heteroatoms. The van der Waals surface area contributed by atoms with E-state index in [1.807, 2.05) is 18.2 Å². The Morgan fingerprint density at radius 3 is 2.39 bits per heavy atom. The first-order valence-electron chi connectivity index (χ1n) is 10.3. The Labute approximate surface area is 179 Å². The van der Waals surface area contributed by atoms with E-state index in [9.17, 15) is 18.8 Å². The van der Waals surface area contributed by atoms with Crippen LogP contribution in [0.15, 0.2) is 54.6 Å². The van der Waals surface area contributed by atoms with Gasteiger partial charge in [-0.1, -0.05) is 30.3 Å². The molecule has 4 rings (SSSR count). The van der Waals surface area contributed by atoms with Crippen LogP contribution in [-0.4, -0.2) is 52.4 Å². The molecule has 2 aromatic rings. The second-order valence-corrected chi connectivity index (χ2v) is 7.93. The van der Waals surface area contributed by atoms with Crippen molar-refractivity contribution >= 4 is 17.8 Å². The van der Waals surface area contributed by atoms with Crippen LogP contribution in [0.1, 0.15) is 25.3 Å². The number of hydrogen-bond donors (Lipinski definition) is 1. The summed E-state index contributed by atoms with van der Waals surface area (Å²) in [4.78, 5) is 41.1. The number of ether oxygens (including phenoxy) is 1. The SMILES string of the molecule is CC(Oc1ccccc1)C(=O)N1CCC2(CC1)NC(=O)N(Cc1ccc(F)cc1)C2=O. The fourth-order valence-corrected chi connectivity index (χ4v) is 4.05. The van der Waals surface area contributed by atoms with Crippen LogP contribution in [0.5, 0.6) is 5.75 Å². The van der Waals surface area contributed by atoms with Crippen molar-refractivity contribution in [1.29, 1.82) is 0 Å². The third kappa shape index (κ3) is 4.23. The average Bonchev–Trinajstić information content (AvgIpc) is 3.00. The maximum absolute atomic E-state index is 13.1. The van der Waals surface area contributed by atoms with E-state index in [0.29, 0.717) is 37.2 Å². The summed E-state index contributed by atoms with van der Waals surface area (Å²) in [6.45, 7) is 2.47. The molecule has 4 amide bonds. The standard InChI is InChI=1S/C23H24FN3O4/c1-16(31-19-5-3-2-4-6-19)20(28)26-13-11-23(12-14-26)21(29)27(22(30)25-23)15-17-7-9-18(24)10-8-17/h2-10,16H,11-15H2,1H3,(H,25,30). The lowest BCUT2D eigenvalue weighted by Crippen LogP contribution is -2.57. The smallest absolute Gasteiger partial charge is 0.325 e. The van der Waals surface area contributed by atoms with E-state index in [2.05, 4.69) is 5.32 Å². The normalized spacial score (nSPS) is 18.8. The Kier molecular flexibility index (Phi) is 5.63. The molecule has 0 aliphatic carbocycles. The van der Waals surface area contributed by atoms with Crippen LogP contribution in [0.3, 0.4) is 0 Å². The molecule has 0 bridgehead atoms. The van der Waals surface area contributed by atoms with Crippen LogP contribution in [0, 0.1) is 5.82 Å². The summed E-state index contributed by atoms with van der Waals surface area (Å²) in [5.41, 5.74) is -0.335. The van der Waals surface area contributed by atoms with Crippen molar-refractivity contribution in [1.82, 2.24) is 15.1 Å². The second-order valence-electron chi connectivity index (χ2n) is 7.93. The molecule has 2 fully saturated rings. The number of para-hydroxylation sites is 1. The van der Waals surface area contributed by atoms with Gasteiger partial charge in [0.05, 0.1) is 6.54 Å². The van der Waals surface area contributed by atoms with E-state index in [0.717, 1.165) is 4.90 Å². The van der Waals surface area contributed by atoms with Crippen molar-refractivity contribution in [3.05, 3.63) is 66.0 Å². The van der Waals surface area contributed by atoms with Crippen molar-refractivity contribution in [3.63, 3.8) is 0 Å². The average molecular weight is 425 g/mol. The molecule has 0 aromatic heterocycles. The first kappa shape index (κ1) is 20.8. The molecule has 2 heterocycles. The first-order chi connectivity index (χ1) is 14.9. The number of hydrogen-bond acceptors (Lipinski definition) is 4. The van der Waals surface area contributed by atoms with Crippen LogP contribution in [0.2, 0.25) is 0 Å². The zero-order chi connectivity index (χ0) is 22.0. The fourth-order valence-electron chi connectivity index (χ4n) is 4.05. The number of nitrogens with one attached hydrogen (secondary N) is 1. The number of benzene rings is 2. The van der Waals surface area contributed by atoms with Crippen LogP contribution in [-0.2, 0) is 16.1 Å². The molecule has 2 aliphatic rings. The quantitative estimate of drug-likeness (QED) is 0.748. The largest absolute Gasteiger partial charge is 0.481 e. The molecule has 1 atom stereocenters. The maximum atomic E-state index is 13.1. The number of amides is 4. The highest BCUT2D eigenvalue weighted by Gasteiger charge is 2.52. The van der Waals surface area contributed by atoms with Gasteiger partial charge in [-0.2, -0.15) is 0 Å². The van der Waals surface area contributed by atoms with Gasteiger partial charge in [-0.3, -0.25) is 14.5 Å². The summed E-state index contributed by atoms with van der Waals surface area (Å²) in [6.07, 6.45) is 0.0167. The van der Waals surface area contributed by atoms with E-state index in [1.54, 1.807) is 36.1 Å². The third-order valence-corrected chi connectivity index (χ3v) is 5.83. The number of carbonyl (C=O) groups excluding carboxylic acids is 3. The van der Waals surface area contributed by atoms with Gasteiger partial charge in [0.2, 0.25) is 0 Å². The van der Waals surface area contributed by atoms with Gasteiger partial charge >= 0.3 is 6.03 Å². The Bertz CT molecular complexity index is 972. The highest BCUT2D eigenvalue weighted by atomic mass is 19.1. The van der Waals surface area contributed by atoms with Gasteiger partial charge in [0.1, 0.15) is 17.1 Å². The number of nitrogens with zero attached hydrogens (tertiary/aromatic N) is 2. The van der Waals surface area contributed by atoms with Gasteiger partial charge in [0, 0.05) is 13.1 Å². The van der Waals surface area contributed by atoms with Crippen molar-refractivity contribution in [3.8, 4) is 5.75 Å². The monoisotopic (exact) mass is 425 g/mol. The summed E-state index contributed by atoms with van der Waals surface area (Å²) in [5, 5.41) is 2.82. The number of piperidine rings is 1. The lowest BCUT2D eigenvalue weighted by molar-refractivity contribution is -0.142. The molecule has 2 aromatic carbocycles. The number of urea groups is 1. The maximum Gasteiger partial charge on any atom is 0.325 e. The zero-order valence-corrected chi connectivity index (χ0v) is 17.2. The lowest BCUT2D eigenvalue weighted by Gasteiger charge is -2.38.